The Labute approximate surface area is 166 Å². The van der Waals surface area contributed by atoms with Gasteiger partial charge < -0.3 is 15.1 Å². The first-order valence-corrected chi connectivity index (χ1v) is 10.0. The molecule has 0 radical (unpaired) electrons. The van der Waals surface area contributed by atoms with Crippen LogP contribution >= 0.6 is 0 Å². The highest BCUT2D eigenvalue weighted by Crippen LogP contribution is 2.20. The van der Waals surface area contributed by atoms with E-state index >= 15 is 0 Å². The third-order valence-electron chi connectivity index (χ3n) is 5.65. The summed E-state index contributed by atoms with van der Waals surface area (Å²) < 4.78 is 0. The third-order valence-corrected chi connectivity index (χ3v) is 5.65. The lowest BCUT2D eigenvalue weighted by Gasteiger charge is -2.34. The van der Waals surface area contributed by atoms with Gasteiger partial charge in [0, 0.05) is 12.6 Å². The highest BCUT2D eigenvalue weighted by molar-refractivity contribution is 6.07. The van der Waals surface area contributed by atoms with Crippen LogP contribution in [-0.2, 0) is 16.0 Å². The lowest BCUT2D eigenvalue weighted by Crippen LogP contribution is -2.53. The average molecular weight is 386 g/mol. The Morgan fingerprint density at radius 2 is 2.00 bits per heavy atom. The number of piperidine rings is 1. The molecule has 0 unspecified atom stereocenters. The smallest absolute Gasteiger partial charge is 0.325 e. The topological polar surface area (TPSA) is 81.8 Å². The lowest BCUT2D eigenvalue weighted by molar-refractivity contribution is -0.127. The molecule has 2 N–H and O–H groups in total. The molecule has 3 rings (SSSR count). The second-order valence-electron chi connectivity index (χ2n) is 8.20. The Bertz CT molecular complexity index is 720. The number of urea groups is 1. The van der Waals surface area contributed by atoms with Crippen molar-refractivity contribution in [3.05, 3.63) is 35.9 Å². The number of hydrogen-bond acceptors (Lipinski definition) is 4. The third kappa shape index (κ3) is 4.90. The van der Waals surface area contributed by atoms with Gasteiger partial charge in [-0.1, -0.05) is 30.3 Å². The lowest BCUT2D eigenvalue weighted by atomic mass is 10.0. The van der Waals surface area contributed by atoms with Crippen LogP contribution in [-0.4, -0.2) is 65.4 Å². The van der Waals surface area contributed by atoms with Crippen LogP contribution in [0.3, 0.4) is 0 Å². The van der Waals surface area contributed by atoms with Crippen molar-refractivity contribution in [3.63, 3.8) is 0 Å². The molecule has 2 heterocycles. The minimum Gasteiger partial charge on any atom is -0.351 e. The zero-order valence-electron chi connectivity index (χ0n) is 16.7. The van der Waals surface area contributed by atoms with Crippen LogP contribution < -0.4 is 10.6 Å². The number of nitrogens with zero attached hydrogens (tertiary/aromatic N) is 2. The molecule has 7 heteroatoms. The minimum atomic E-state index is -0.996. The summed E-state index contributed by atoms with van der Waals surface area (Å²) in [6.45, 7) is 6.09. The Morgan fingerprint density at radius 3 is 2.68 bits per heavy atom. The Balaban J connectivity index is 1.43. The van der Waals surface area contributed by atoms with Gasteiger partial charge in [0.1, 0.15) is 12.1 Å². The van der Waals surface area contributed by atoms with Gasteiger partial charge in [-0.25, -0.2) is 4.79 Å². The van der Waals surface area contributed by atoms with Crippen molar-refractivity contribution in [1.29, 1.82) is 0 Å². The first-order chi connectivity index (χ1) is 13.4. The van der Waals surface area contributed by atoms with Crippen LogP contribution in [0.4, 0.5) is 4.79 Å². The number of rotatable bonds is 7. The molecule has 0 bridgehead atoms. The van der Waals surface area contributed by atoms with Crippen LogP contribution in [0, 0.1) is 0 Å². The molecule has 2 fully saturated rings. The summed E-state index contributed by atoms with van der Waals surface area (Å²) in [5, 5.41) is 5.31. The van der Waals surface area contributed by atoms with Gasteiger partial charge >= 0.3 is 6.03 Å². The highest BCUT2D eigenvalue weighted by Gasteiger charge is 2.46. The number of benzene rings is 1. The molecular formula is C21H30N4O3. The molecule has 4 amide bonds. The van der Waals surface area contributed by atoms with Gasteiger partial charge in [-0.2, -0.15) is 0 Å². The molecule has 0 aliphatic carbocycles. The molecule has 7 nitrogen and oxygen atoms in total. The predicted molar refractivity (Wildman–Crippen MR) is 107 cm³/mol. The number of likely N-dealkylation sites (tertiary alicyclic amines) is 1. The fourth-order valence-corrected chi connectivity index (χ4v) is 3.91. The summed E-state index contributed by atoms with van der Waals surface area (Å²) in [7, 11) is 0. The van der Waals surface area contributed by atoms with Gasteiger partial charge in [0.15, 0.2) is 0 Å². The largest absolute Gasteiger partial charge is 0.351 e. The molecule has 2 aliphatic rings. The zero-order valence-corrected chi connectivity index (χ0v) is 16.7. The van der Waals surface area contributed by atoms with Crippen molar-refractivity contribution in [2.24, 2.45) is 0 Å². The molecule has 2 aliphatic heterocycles. The highest BCUT2D eigenvalue weighted by atomic mass is 16.2. The Kier molecular flexibility index (Phi) is 6.34. The van der Waals surface area contributed by atoms with Crippen LogP contribution in [0.15, 0.2) is 30.3 Å². The average Bonchev–Trinajstić information content (AvgIpc) is 2.85. The molecule has 1 atom stereocenters. The summed E-state index contributed by atoms with van der Waals surface area (Å²) in [4.78, 5) is 39.9. The van der Waals surface area contributed by atoms with Gasteiger partial charge in [0.25, 0.3) is 5.91 Å². The van der Waals surface area contributed by atoms with Gasteiger partial charge in [-0.15, -0.1) is 0 Å². The molecular weight excluding hydrogens is 356 g/mol. The van der Waals surface area contributed by atoms with Crippen molar-refractivity contribution in [2.45, 2.75) is 51.1 Å². The molecule has 0 saturated carbocycles. The maximum Gasteiger partial charge on any atom is 0.325 e. The predicted octanol–water partition coefficient (Wildman–Crippen LogP) is 1.53. The fourth-order valence-electron chi connectivity index (χ4n) is 3.91. The zero-order chi connectivity index (χ0) is 20.1. The van der Waals surface area contributed by atoms with Crippen LogP contribution in [0.1, 0.15) is 38.7 Å². The number of carbonyl (C=O) groups excluding carboxylic acids is 3. The molecule has 1 aromatic rings. The van der Waals surface area contributed by atoms with E-state index in [1.807, 2.05) is 6.07 Å². The van der Waals surface area contributed by atoms with E-state index in [0.29, 0.717) is 0 Å². The van der Waals surface area contributed by atoms with Gasteiger partial charge in [-0.3, -0.25) is 14.9 Å². The van der Waals surface area contributed by atoms with Gasteiger partial charge in [-0.05, 0) is 58.2 Å². The van der Waals surface area contributed by atoms with Crippen molar-refractivity contribution in [2.75, 3.05) is 26.2 Å². The van der Waals surface area contributed by atoms with Crippen LogP contribution in [0.25, 0.3) is 0 Å². The Hall–Kier alpha value is -2.41. The second-order valence-corrected chi connectivity index (χ2v) is 8.20. The van der Waals surface area contributed by atoms with E-state index in [1.54, 1.807) is 13.8 Å². The fraction of sp³-hybridized carbons (Fsp3) is 0.571. The number of imide groups is 1. The second kappa shape index (κ2) is 8.73. The first kappa shape index (κ1) is 20.3. The van der Waals surface area contributed by atoms with E-state index in [-0.39, 0.29) is 24.4 Å². The number of amides is 4. The molecule has 1 aromatic carbocycles. The minimum absolute atomic E-state index is 0.0856. The molecule has 152 valence electrons. The number of hydrogen-bond donors (Lipinski definition) is 2. The Morgan fingerprint density at radius 1 is 1.25 bits per heavy atom. The maximum absolute atomic E-state index is 12.5. The quantitative estimate of drug-likeness (QED) is 0.697. The van der Waals surface area contributed by atoms with Crippen LogP contribution in [0.2, 0.25) is 0 Å². The summed E-state index contributed by atoms with van der Waals surface area (Å²) in [6, 6.07) is 10.1. The molecule has 28 heavy (non-hydrogen) atoms. The van der Waals surface area contributed by atoms with E-state index in [0.717, 1.165) is 45.3 Å². The van der Waals surface area contributed by atoms with Crippen molar-refractivity contribution in [1.82, 2.24) is 20.4 Å². The van der Waals surface area contributed by atoms with E-state index in [1.165, 1.54) is 10.5 Å². The first-order valence-electron chi connectivity index (χ1n) is 10.0. The normalized spacial score (nSPS) is 22.2. The molecule has 0 aromatic heterocycles. The summed E-state index contributed by atoms with van der Waals surface area (Å²) in [5.41, 5.74) is 0.357. The SMILES string of the molecule is CC1(C)C(=O)NC(=O)N1CC(=O)N[C@H]1CCCN(CCCc2ccccc2)C1. The summed E-state index contributed by atoms with van der Waals surface area (Å²) in [6.07, 6.45) is 4.14. The van der Waals surface area contributed by atoms with Crippen molar-refractivity contribution in [3.8, 4) is 0 Å². The monoisotopic (exact) mass is 386 g/mol. The number of nitrogens with one attached hydrogen (secondary N) is 2. The van der Waals surface area contributed by atoms with Crippen LogP contribution in [0.5, 0.6) is 0 Å². The molecule has 2 saturated heterocycles. The van der Waals surface area contributed by atoms with E-state index in [2.05, 4.69) is 39.8 Å². The van der Waals surface area contributed by atoms with E-state index in [4.69, 9.17) is 0 Å². The van der Waals surface area contributed by atoms with E-state index < -0.39 is 11.6 Å². The summed E-state index contributed by atoms with van der Waals surface area (Å²) >= 11 is 0. The van der Waals surface area contributed by atoms with E-state index in [9.17, 15) is 14.4 Å². The molecule has 0 spiro atoms. The van der Waals surface area contributed by atoms with Crippen molar-refractivity contribution < 1.29 is 14.4 Å². The standard InChI is InChI=1S/C21H30N4O3/c1-21(2)19(27)23-20(28)25(21)15-18(26)22-17-11-7-13-24(14-17)12-6-10-16-8-4-3-5-9-16/h3-5,8-9,17H,6-7,10-15H2,1-2H3,(H,22,26)(H,23,27,28)/t17-/m0/s1. The number of aryl methyl sites for hydroxylation is 1. The number of carbonyl (C=O) groups is 3. The maximum atomic E-state index is 12.5. The summed E-state index contributed by atoms with van der Waals surface area (Å²) in [5.74, 6) is -0.582. The van der Waals surface area contributed by atoms with Gasteiger partial charge in [0.05, 0.1) is 0 Å². The van der Waals surface area contributed by atoms with Gasteiger partial charge in [0.2, 0.25) is 5.91 Å². The van der Waals surface area contributed by atoms with Crippen molar-refractivity contribution >= 4 is 17.8 Å².